The Hall–Kier alpha value is -3.45. The van der Waals surface area contributed by atoms with Crippen LogP contribution in [0.15, 0.2) is 73.3 Å². The highest BCUT2D eigenvalue weighted by molar-refractivity contribution is 7.89. The van der Waals surface area contributed by atoms with Crippen molar-refractivity contribution in [2.24, 2.45) is 0 Å². The van der Waals surface area contributed by atoms with Crippen molar-refractivity contribution in [3.05, 3.63) is 107 Å². The van der Waals surface area contributed by atoms with Crippen molar-refractivity contribution in [2.45, 2.75) is 74.7 Å². The van der Waals surface area contributed by atoms with Crippen molar-refractivity contribution in [1.29, 1.82) is 0 Å². The molecule has 0 atom stereocenters. The summed E-state index contributed by atoms with van der Waals surface area (Å²) in [4.78, 5) is 8.50. The van der Waals surface area contributed by atoms with Crippen LogP contribution in [0.1, 0.15) is 85.5 Å². The van der Waals surface area contributed by atoms with Gasteiger partial charge in [0.25, 0.3) is 0 Å². The predicted molar refractivity (Wildman–Crippen MR) is 158 cm³/mol. The van der Waals surface area contributed by atoms with Gasteiger partial charge < -0.3 is 0 Å². The number of halogens is 2. The molecule has 2 aromatic heterocycles. The number of benzene rings is 2. The molecule has 2 fully saturated rings. The second-order valence-corrected chi connectivity index (χ2v) is 13.6. The molecule has 2 heterocycles. The zero-order valence-corrected chi connectivity index (χ0v) is 23.8. The molecule has 6 rings (SSSR count). The molecule has 2 saturated carbocycles. The maximum atomic E-state index is 15.2. The largest absolute Gasteiger partial charge is 0.264 e. The SMILES string of the molecule is O=S(=O)(Cc1ccc(-c2cnccc2C2CCCC2)cc1F)Cc1ccc(-c2cnccc2C2CCCC2)cc1F. The van der Waals surface area contributed by atoms with Crippen molar-refractivity contribution in [1.82, 2.24) is 9.97 Å². The normalized spacial score (nSPS) is 16.4. The molecule has 0 N–H and O–H groups in total. The molecule has 7 heteroatoms. The van der Waals surface area contributed by atoms with Gasteiger partial charge in [0.05, 0.1) is 11.5 Å². The Balaban J connectivity index is 1.19. The topological polar surface area (TPSA) is 59.9 Å². The van der Waals surface area contributed by atoms with Crippen LogP contribution < -0.4 is 0 Å². The van der Waals surface area contributed by atoms with E-state index in [-0.39, 0.29) is 11.1 Å². The second kappa shape index (κ2) is 11.8. The lowest BCUT2D eigenvalue weighted by Gasteiger charge is -2.16. The number of sulfone groups is 1. The van der Waals surface area contributed by atoms with E-state index in [0.717, 1.165) is 47.9 Å². The Labute approximate surface area is 240 Å². The van der Waals surface area contributed by atoms with Crippen LogP contribution in [0.5, 0.6) is 0 Å². The summed E-state index contributed by atoms with van der Waals surface area (Å²) < 4.78 is 56.6. The lowest BCUT2D eigenvalue weighted by molar-refractivity contribution is 0.581. The fraction of sp³-hybridized carbons (Fsp3) is 0.353. The molecule has 4 nitrogen and oxygen atoms in total. The first-order valence-electron chi connectivity index (χ1n) is 14.5. The smallest absolute Gasteiger partial charge is 0.158 e. The monoisotopic (exact) mass is 572 g/mol. The van der Waals surface area contributed by atoms with Crippen molar-refractivity contribution in [2.75, 3.05) is 0 Å². The van der Waals surface area contributed by atoms with Crippen LogP contribution in [-0.2, 0) is 21.3 Å². The summed E-state index contributed by atoms with van der Waals surface area (Å²) in [6.07, 6.45) is 16.2. The molecule has 2 aliphatic rings. The number of hydrogen-bond acceptors (Lipinski definition) is 4. The first-order chi connectivity index (χ1) is 19.9. The molecule has 4 aromatic rings. The summed E-state index contributed by atoms with van der Waals surface area (Å²) >= 11 is 0. The van der Waals surface area contributed by atoms with Crippen molar-refractivity contribution in [3.63, 3.8) is 0 Å². The summed E-state index contributed by atoms with van der Waals surface area (Å²) in [5, 5.41) is 0. The summed E-state index contributed by atoms with van der Waals surface area (Å²) in [7, 11) is -3.83. The van der Waals surface area contributed by atoms with E-state index in [1.165, 1.54) is 49.9 Å². The van der Waals surface area contributed by atoms with Gasteiger partial charge in [-0.2, -0.15) is 0 Å². The molecule has 0 spiro atoms. The molecule has 0 aliphatic heterocycles. The third kappa shape index (κ3) is 6.10. The highest BCUT2D eigenvalue weighted by Gasteiger charge is 2.24. The fourth-order valence-corrected chi connectivity index (χ4v) is 8.19. The van der Waals surface area contributed by atoms with E-state index < -0.39 is 33.0 Å². The summed E-state index contributed by atoms with van der Waals surface area (Å²) in [5.74, 6) is -1.30. The zero-order chi connectivity index (χ0) is 28.4. The first-order valence-corrected chi connectivity index (χ1v) is 16.4. The van der Waals surface area contributed by atoms with E-state index in [9.17, 15) is 8.42 Å². The molecular weight excluding hydrogens is 538 g/mol. The Morgan fingerprint density at radius 2 is 1.05 bits per heavy atom. The molecule has 2 aliphatic carbocycles. The van der Waals surface area contributed by atoms with Gasteiger partial charge in [0.15, 0.2) is 9.84 Å². The molecule has 2 aromatic carbocycles. The van der Waals surface area contributed by atoms with Crippen molar-refractivity contribution >= 4 is 9.84 Å². The Morgan fingerprint density at radius 1 is 0.634 bits per heavy atom. The molecule has 0 unspecified atom stereocenters. The quantitative estimate of drug-likeness (QED) is 0.212. The summed E-state index contributed by atoms with van der Waals surface area (Å²) in [6.45, 7) is 0. The molecule has 0 radical (unpaired) electrons. The number of nitrogens with zero attached hydrogens (tertiary/aromatic N) is 2. The van der Waals surface area contributed by atoms with Crippen molar-refractivity contribution < 1.29 is 17.2 Å². The molecular formula is C34H34F2N2O2S. The van der Waals surface area contributed by atoms with Gasteiger partial charge in [-0.1, -0.05) is 49.9 Å². The standard InChI is InChI=1S/C34H34F2N2O2S/c35-33-17-25(31-19-37-15-13-29(31)23-5-1-2-6-23)9-11-27(33)21-41(39,40)22-28-12-10-26(18-34(28)36)32-20-38-16-14-30(32)24-7-3-4-8-24/h9-20,23-24H,1-8,21-22H2. The van der Waals surface area contributed by atoms with Gasteiger partial charge in [0.1, 0.15) is 11.6 Å². The summed E-state index contributed by atoms with van der Waals surface area (Å²) in [5.41, 5.74) is 5.64. The first kappa shape index (κ1) is 27.7. The minimum absolute atomic E-state index is 0.0775. The maximum absolute atomic E-state index is 15.2. The van der Waals surface area contributed by atoms with Crippen LogP contribution in [0, 0.1) is 11.6 Å². The van der Waals surface area contributed by atoms with Crippen LogP contribution in [-0.4, -0.2) is 18.4 Å². The highest BCUT2D eigenvalue weighted by Crippen LogP contribution is 2.40. The van der Waals surface area contributed by atoms with Crippen LogP contribution >= 0.6 is 0 Å². The van der Waals surface area contributed by atoms with Crippen LogP contribution in [0.4, 0.5) is 8.78 Å². The number of rotatable bonds is 8. The molecule has 0 saturated heterocycles. The summed E-state index contributed by atoms with van der Waals surface area (Å²) in [6, 6.07) is 13.4. The molecule has 0 amide bonds. The molecule has 41 heavy (non-hydrogen) atoms. The number of hydrogen-bond donors (Lipinski definition) is 0. The average Bonchev–Trinajstić information content (AvgIpc) is 3.71. The Bertz CT molecular complexity index is 1540. The van der Waals surface area contributed by atoms with Gasteiger partial charge in [0, 0.05) is 47.0 Å². The second-order valence-electron chi connectivity index (χ2n) is 11.5. The van der Waals surface area contributed by atoms with Gasteiger partial charge in [0.2, 0.25) is 0 Å². The number of aromatic nitrogens is 2. The van der Waals surface area contributed by atoms with Crippen LogP contribution in [0.3, 0.4) is 0 Å². The third-order valence-corrected chi connectivity index (χ3v) is 10.3. The minimum Gasteiger partial charge on any atom is -0.264 e. The third-order valence-electron chi connectivity index (χ3n) is 8.78. The van der Waals surface area contributed by atoms with Gasteiger partial charge >= 0.3 is 0 Å². The Kier molecular flexibility index (Phi) is 7.98. The minimum atomic E-state index is -3.83. The van der Waals surface area contributed by atoms with Crippen LogP contribution in [0.2, 0.25) is 0 Å². The predicted octanol–water partition coefficient (Wildman–Crippen LogP) is 8.52. The van der Waals surface area contributed by atoms with E-state index in [4.69, 9.17) is 0 Å². The van der Waals surface area contributed by atoms with E-state index in [1.807, 2.05) is 12.1 Å². The van der Waals surface area contributed by atoms with Gasteiger partial charge in [-0.05, 0) is 84.0 Å². The van der Waals surface area contributed by atoms with Gasteiger partial charge in [-0.15, -0.1) is 0 Å². The maximum Gasteiger partial charge on any atom is 0.158 e. The molecule has 212 valence electrons. The molecule has 0 bridgehead atoms. The fourth-order valence-electron chi connectivity index (χ4n) is 6.67. The van der Waals surface area contributed by atoms with E-state index in [1.54, 1.807) is 36.9 Å². The Morgan fingerprint density at radius 3 is 1.44 bits per heavy atom. The number of pyridine rings is 2. The van der Waals surface area contributed by atoms with E-state index in [0.29, 0.717) is 23.0 Å². The van der Waals surface area contributed by atoms with E-state index >= 15 is 8.78 Å². The van der Waals surface area contributed by atoms with Gasteiger partial charge in [-0.25, -0.2) is 17.2 Å². The van der Waals surface area contributed by atoms with Crippen molar-refractivity contribution in [3.8, 4) is 22.3 Å². The average molecular weight is 573 g/mol. The lowest BCUT2D eigenvalue weighted by atomic mass is 9.91. The van der Waals surface area contributed by atoms with Crippen LogP contribution in [0.25, 0.3) is 22.3 Å². The highest BCUT2D eigenvalue weighted by atomic mass is 32.2. The zero-order valence-electron chi connectivity index (χ0n) is 23.0. The lowest BCUT2D eigenvalue weighted by Crippen LogP contribution is -2.10. The van der Waals surface area contributed by atoms with Gasteiger partial charge in [-0.3, -0.25) is 9.97 Å². The van der Waals surface area contributed by atoms with E-state index in [2.05, 4.69) is 9.97 Å².